The highest BCUT2D eigenvalue weighted by atomic mass is 16.5. The molecule has 1 aliphatic heterocycles. The van der Waals surface area contributed by atoms with Gasteiger partial charge in [-0.3, -0.25) is 4.79 Å². The molecule has 0 fully saturated rings. The lowest BCUT2D eigenvalue weighted by atomic mass is 10.1. The summed E-state index contributed by atoms with van der Waals surface area (Å²) in [6.45, 7) is 1.81. The van der Waals surface area contributed by atoms with Crippen molar-refractivity contribution in [3.05, 3.63) is 59.7 Å². The van der Waals surface area contributed by atoms with Gasteiger partial charge in [0, 0.05) is 24.2 Å². The van der Waals surface area contributed by atoms with E-state index < -0.39 is 0 Å². The first-order chi connectivity index (χ1) is 12.6. The molecule has 0 aromatic heterocycles. The fraction of sp³-hybridized carbons (Fsp3) is 0.381. The van der Waals surface area contributed by atoms with Crippen LogP contribution in [0.4, 0.5) is 0 Å². The molecule has 0 unspecified atom stereocenters. The van der Waals surface area contributed by atoms with E-state index in [1.165, 1.54) is 0 Å². The van der Waals surface area contributed by atoms with Gasteiger partial charge in [0.1, 0.15) is 18.1 Å². The fourth-order valence-corrected chi connectivity index (χ4v) is 3.34. The van der Waals surface area contributed by atoms with Gasteiger partial charge >= 0.3 is 0 Å². The number of fused-ring (bicyclic) bond motifs is 1. The maximum atomic E-state index is 13.2. The van der Waals surface area contributed by atoms with Gasteiger partial charge in [0.2, 0.25) is 5.91 Å². The Kier molecular flexibility index (Phi) is 5.78. The predicted molar refractivity (Wildman–Crippen MR) is 102 cm³/mol. The molecule has 0 aliphatic carbocycles. The monoisotopic (exact) mass is 354 g/mol. The largest absolute Gasteiger partial charge is 0.496 e. The van der Waals surface area contributed by atoms with Crippen molar-refractivity contribution < 1.29 is 14.3 Å². The molecule has 3 rings (SSSR count). The van der Waals surface area contributed by atoms with Gasteiger partial charge in [-0.15, -0.1) is 0 Å². The Labute approximate surface area is 155 Å². The van der Waals surface area contributed by atoms with Crippen molar-refractivity contribution in [2.45, 2.75) is 19.0 Å². The van der Waals surface area contributed by atoms with E-state index in [9.17, 15) is 4.79 Å². The molecule has 1 atom stereocenters. The summed E-state index contributed by atoms with van der Waals surface area (Å²) < 4.78 is 11.4. The number of hydrogen-bond acceptors (Lipinski definition) is 4. The summed E-state index contributed by atoms with van der Waals surface area (Å²) in [6, 6.07) is 15.6. The van der Waals surface area contributed by atoms with E-state index in [1.54, 1.807) is 7.11 Å². The van der Waals surface area contributed by atoms with E-state index in [4.69, 9.17) is 9.47 Å². The lowest BCUT2D eigenvalue weighted by Gasteiger charge is -2.31. The number of likely N-dealkylation sites (N-methyl/N-ethyl adjacent to an activating group) is 1. The second-order valence-corrected chi connectivity index (χ2v) is 6.85. The number of hydrogen-bond donors (Lipinski definition) is 0. The van der Waals surface area contributed by atoms with Crippen molar-refractivity contribution in [2.75, 3.05) is 34.4 Å². The molecule has 0 bridgehead atoms. The average molecular weight is 354 g/mol. The minimum absolute atomic E-state index is 0.000364. The highest BCUT2D eigenvalue weighted by Gasteiger charge is 2.29. The zero-order chi connectivity index (χ0) is 18.5. The highest BCUT2D eigenvalue weighted by molar-refractivity contribution is 5.80. The molecule has 138 valence electrons. The first-order valence-corrected chi connectivity index (χ1v) is 8.85. The zero-order valence-electron chi connectivity index (χ0n) is 15.6. The van der Waals surface area contributed by atoms with Gasteiger partial charge in [-0.2, -0.15) is 0 Å². The minimum atomic E-state index is -0.000364. The van der Waals surface area contributed by atoms with Crippen molar-refractivity contribution in [2.24, 2.45) is 0 Å². The minimum Gasteiger partial charge on any atom is -0.496 e. The molecular formula is C21H26N2O3. The maximum absolute atomic E-state index is 13.2. The van der Waals surface area contributed by atoms with Crippen molar-refractivity contribution in [1.82, 2.24) is 9.80 Å². The molecule has 5 nitrogen and oxygen atoms in total. The lowest BCUT2D eigenvalue weighted by Crippen LogP contribution is -2.47. The van der Waals surface area contributed by atoms with Gasteiger partial charge in [0.15, 0.2) is 0 Å². The number of carbonyl (C=O) groups is 1. The Morgan fingerprint density at radius 3 is 2.69 bits per heavy atom. The van der Waals surface area contributed by atoms with Crippen LogP contribution in [-0.4, -0.2) is 56.1 Å². The van der Waals surface area contributed by atoms with Crippen LogP contribution in [-0.2, 0) is 17.8 Å². The fourth-order valence-electron chi connectivity index (χ4n) is 3.34. The van der Waals surface area contributed by atoms with Gasteiger partial charge in [0.25, 0.3) is 0 Å². The standard InChI is InChI=1S/C21H26N2O3/c1-22(2)14-18-15-26-20-11-7-5-9-17(20)13-23(18)21(24)12-16-8-4-6-10-19(16)25-3/h4-11,18H,12-15H2,1-3H3/t18-/m0/s1. The molecular weight excluding hydrogens is 328 g/mol. The van der Waals surface area contributed by atoms with Crippen molar-refractivity contribution >= 4 is 5.91 Å². The zero-order valence-corrected chi connectivity index (χ0v) is 15.6. The Morgan fingerprint density at radius 1 is 1.19 bits per heavy atom. The molecule has 0 spiro atoms. The van der Waals surface area contributed by atoms with Crippen LogP contribution < -0.4 is 9.47 Å². The topological polar surface area (TPSA) is 42.0 Å². The summed E-state index contributed by atoms with van der Waals surface area (Å²) >= 11 is 0. The molecule has 26 heavy (non-hydrogen) atoms. The van der Waals surface area contributed by atoms with Crippen LogP contribution in [0.15, 0.2) is 48.5 Å². The van der Waals surface area contributed by atoms with Gasteiger partial charge in [-0.05, 0) is 26.2 Å². The average Bonchev–Trinajstić information content (AvgIpc) is 2.81. The van der Waals surface area contributed by atoms with E-state index in [0.717, 1.165) is 29.2 Å². The molecule has 1 aliphatic rings. The van der Waals surface area contributed by atoms with E-state index in [2.05, 4.69) is 4.90 Å². The molecule has 5 heteroatoms. The normalized spacial score (nSPS) is 16.6. The first kappa shape index (κ1) is 18.3. The van der Waals surface area contributed by atoms with Gasteiger partial charge in [-0.1, -0.05) is 36.4 Å². The Bertz CT molecular complexity index is 760. The predicted octanol–water partition coefficient (Wildman–Crippen LogP) is 2.59. The number of methoxy groups -OCH3 is 1. The molecule has 0 saturated carbocycles. The number of ether oxygens (including phenoxy) is 2. The van der Waals surface area contributed by atoms with E-state index in [-0.39, 0.29) is 11.9 Å². The van der Waals surface area contributed by atoms with Crippen LogP contribution in [0.25, 0.3) is 0 Å². The quantitative estimate of drug-likeness (QED) is 0.828. The maximum Gasteiger partial charge on any atom is 0.227 e. The van der Waals surface area contributed by atoms with Crippen LogP contribution >= 0.6 is 0 Å². The van der Waals surface area contributed by atoms with Gasteiger partial charge in [-0.25, -0.2) is 0 Å². The van der Waals surface area contributed by atoms with Crippen molar-refractivity contribution in [3.8, 4) is 11.5 Å². The van der Waals surface area contributed by atoms with Crippen LogP contribution in [0.3, 0.4) is 0 Å². The summed E-state index contributed by atoms with van der Waals surface area (Å²) in [7, 11) is 5.66. The molecule has 1 amide bonds. The van der Waals surface area contributed by atoms with Crippen molar-refractivity contribution in [3.63, 3.8) is 0 Å². The summed E-state index contributed by atoms with van der Waals surface area (Å²) in [5.74, 6) is 1.70. The Morgan fingerprint density at radius 2 is 1.92 bits per heavy atom. The summed E-state index contributed by atoms with van der Waals surface area (Å²) in [5, 5.41) is 0. The smallest absolute Gasteiger partial charge is 0.227 e. The van der Waals surface area contributed by atoms with Gasteiger partial charge in [0.05, 0.1) is 19.6 Å². The van der Waals surface area contributed by atoms with Crippen LogP contribution in [0, 0.1) is 0 Å². The molecule has 2 aromatic rings. The van der Waals surface area contributed by atoms with Crippen LogP contribution in [0.2, 0.25) is 0 Å². The number of nitrogens with zero attached hydrogens (tertiary/aromatic N) is 2. The van der Waals surface area contributed by atoms with E-state index in [0.29, 0.717) is 19.6 Å². The van der Waals surface area contributed by atoms with E-state index in [1.807, 2.05) is 67.5 Å². The summed E-state index contributed by atoms with van der Waals surface area (Å²) in [5.41, 5.74) is 1.95. The lowest BCUT2D eigenvalue weighted by molar-refractivity contribution is -0.134. The van der Waals surface area contributed by atoms with Crippen molar-refractivity contribution in [1.29, 1.82) is 0 Å². The summed E-state index contributed by atoms with van der Waals surface area (Å²) in [6.07, 6.45) is 0.316. The Balaban J connectivity index is 1.85. The number of benzene rings is 2. The molecule has 0 radical (unpaired) electrons. The molecule has 2 aromatic carbocycles. The number of amides is 1. The van der Waals surface area contributed by atoms with Crippen LogP contribution in [0.5, 0.6) is 11.5 Å². The van der Waals surface area contributed by atoms with Crippen LogP contribution in [0.1, 0.15) is 11.1 Å². The molecule has 1 heterocycles. The molecule has 0 N–H and O–H groups in total. The Hall–Kier alpha value is -2.53. The SMILES string of the molecule is COc1ccccc1CC(=O)N1Cc2ccccc2OC[C@@H]1CN(C)C. The third kappa shape index (κ3) is 4.17. The molecule has 0 saturated heterocycles. The second-order valence-electron chi connectivity index (χ2n) is 6.85. The first-order valence-electron chi connectivity index (χ1n) is 8.85. The number of carbonyl (C=O) groups excluding carboxylic acids is 1. The van der Waals surface area contributed by atoms with E-state index >= 15 is 0 Å². The summed E-state index contributed by atoms with van der Waals surface area (Å²) in [4.78, 5) is 17.2. The third-order valence-corrected chi connectivity index (χ3v) is 4.62. The second kappa shape index (κ2) is 8.23. The van der Waals surface area contributed by atoms with Gasteiger partial charge < -0.3 is 19.3 Å². The highest BCUT2D eigenvalue weighted by Crippen LogP contribution is 2.26. The third-order valence-electron chi connectivity index (χ3n) is 4.62. The number of rotatable bonds is 5. The number of para-hydroxylation sites is 2.